The molecule has 0 unspecified atom stereocenters. The largest absolute Gasteiger partial charge is 0.483 e. The first kappa shape index (κ1) is 19.4. The van der Waals surface area contributed by atoms with Gasteiger partial charge in [0.1, 0.15) is 11.4 Å². The van der Waals surface area contributed by atoms with Crippen LogP contribution in [0.25, 0.3) is 39.4 Å². The maximum atomic E-state index is 13.5. The predicted molar refractivity (Wildman–Crippen MR) is 129 cm³/mol. The van der Waals surface area contributed by atoms with Crippen LogP contribution in [0.2, 0.25) is 0 Å². The van der Waals surface area contributed by atoms with Gasteiger partial charge < -0.3 is 14.2 Å². The van der Waals surface area contributed by atoms with Gasteiger partial charge in [0, 0.05) is 54.9 Å². The summed E-state index contributed by atoms with van der Waals surface area (Å²) in [4.78, 5) is 15.6. The first-order valence-electron chi connectivity index (χ1n) is 10.5. The molecule has 2 aliphatic heterocycles. The van der Waals surface area contributed by atoms with Crippen LogP contribution in [0.3, 0.4) is 0 Å². The fraction of sp³-hybridized carbons (Fsp3) is 0.222. The number of rotatable bonds is 2. The van der Waals surface area contributed by atoms with Crippen LogP contribution in [-0.2, 0) is 7.05 Å². The summed E-state index contributed by atoms with van der Waals surface area (Å²) in [5, 5.41) is 1.06. The topological polar surface area (TPSA) is 34.5 Å². The molecule has 5 rings (SSSR count). The van der Waals surface area contributed by atoms with Crippen molar-refractivity contribution < 1.29 is 4.74 Å². The molecule has 2 heterocycles. The minimum atomic E-state index is -0.437. The summed E-state index contributed by atoms with van der Waals surface area (Å²) in [6, 6.07) is 18.3. The number of ether oxygens (including phenoxy) is 1. The molecule has 156 valence electrons. The molecule has 0 spiro atoms. The van der Waals surface area contributed by atoms with Gasteiger partial charge in [0.05, 0.1) is 11.3 Å². The Morgan fingerprint density at radius 3 is 2.39 bits per heavy atom. The van der Waals surface area contributed by atoms with Crippen LogP contribution in [0.1, 0.15) is 19.4 Å². The summed E-state index contributed by atoms with van der Waals surface area (Å²) in [6.07, 6.45) is 4.15. The van der Waals surface area contributed by atoms with Crippen LogP contribution in [-0.4, -0.2) is 24.3 Å². The molecule has 0 N–H and O–H groups in total. The number of fused-ring (bicyclic) bond motifs is 4. The van der Waals surface area contributed by atoms with E-state index >= 15 is 0 Å². The summed E-state index contributed by atoms with van der Waals surface area (Å²) in [5.41, 5.74) is 6.33. The zero-order chi connectivity index (χ0) is 21.9. The molecule has 2 aromatic rings. The smallest absolute Gasteiger partial charge is 0.192 e. The molecule has 0 radical (unpaired) electrons. The van der Waals surface area contributed by atoms with Crippen molar-refractivity contribution in [1.29, 1.82) is 0 Å². The first-order valence-corrected chi connectivity index (χ1v) is 10.5. The van der Waals surface area contributed by atoms with E-state index in [1.54, 1.807) is 6.07 Å². The van der Waals surface area contributed by atoms with Gasteiger partial charge in [-0.25, -0.2) is 0 Å². The third kappa shape index (κ3) is 3.02. The van der Waals surface area contributed by atoms with Crippen LogP contribution in [0.4, 0.5) is 5.69 Å². The number of para-hydroxylation sites is 1. The van der Waals surface area contributed by atoms with Gasteiger partial charge in [-0.2, -0.15) is 0 Å². The third-order valence-corrected chi connectivity index (χ3v) is 6.08. The van der Waals surface area contributed by atoms with Crippen LogP contribution in [0, 0.1) is 0 Å². The third-order valence-electron chi connectivity index (χ3n) is 6.08. The summed E-state index contributed by atoms with van der Waals surface area (Å²) >= 11 is 0. The number of aryl methyl sites for hydroxylation is 1. The van der Waals surface area contributed by atoms with E-state index in [1.807, 2.05) is 47.1 Å². The number of hydrogen-bond donors (Lipinski definition) is 0. The van der Waals surface area contributed by atoms with E-state index in [-0.39, 0.29) is 5.43 Å². The van der Waals surface area contributed by atoms with E-state index in [2.05, 4.69) is 58.0 Å². The number of aromatic nitrogens is 1. The van der Waals surface area contributed by atoms with Gasteiger partial charge in [0.15, 0.2) is 5.43 Å². The fourth-order valence-electron chi connectivity index (χ4n) is 4.53. The molecule has 0 amide bonds. The van der Waals surface area contributed by atoms with Gasteiger partial charge in [0.25, 0.3) is 0 Å². The van der Waals surface area contributed by atoms with E-state index in [9.17, 15) is 4.79 Å². The molecule has 1 aliphatic carbocycles. The summed E-state index contributed by atoms with van der Waals surface area (Å²) in [5.74, 6) is 0.643. The average Bonchev–Trinajstić information content (AvgIpc) is 2.73. The minimum Gasteiger partial charge on any atom is -0.483 e. The highest BCUT2D eigenvalue weighted by molar-refractivity contribution is 6.05. The molecule has 0 saturated heterocycles. The van der Waals surface area contributed by atoms with Crippen LogP contribution < -0.4 is 15.1 Å². The lowest BCUT2D eigenvalue weighted by molar-refractivity contribution is 0.159. The molecule has 2 aromatic carbocycles. The van der Waals surface area contributed by atoms with Gasteiger partial charge >= 0.3 is 0 Å². The molecule has 0 saturated carbocycles. The van der Waals surface area contributed by atoms with Crippen molar-refractivity contribution in [1.82, 2.24) is 4.57 Å². The summed E-state index contributed by atoms with van der Waals surface area (Å²) in [7, 11) is 6.08. The lowest BCUT2D eigenvalue weighted by Gasteiger charge is -2.31. The van der Waals surface area contributed by atoms with Crippen LogP contribution in [0.5, 0.6) is 5.75 Å². The van der Waals surface area contributed by atoms with Gasteiger partial charge in [-0.15, -0.1) is 0 Å². The average molecular weight is 411 g/mol. The standard InChI is InChI=1S/C27H26N2O2/c1-27(2)15-14-20-23(31-27)16-22(30)25-24(17-10-12-18(13-11-17)28(3)4)19-8-6-7-9-21(19)29(5)26(20)25/h6-16H,1-5H3. The Bertz CT molecular complexity index is 1380. The Hall–Kier alpha value is -3.53. The first-order chi connectivity index (χ1) is 14.8. The Morgan fingerprint density at radius 1 is 0.968 bits per heavy atom. The molecule has 0 atom stereocenters. The molecule has 0 bridgehead atoms. The summed E-state index contributed by atoms with van der Waals surface area (Å²) in [6.45, 7) is 4.00. The van der Waals surface area contributed by atoms with Crippen LogP contribution >= 0.6 is 0 Å². The predicted octanol–water partition coefficient (Wildman–Crippen LogP) is 5.56. The molecule has 0 fully saturated rings. The van der Waals surface area contributed by atoms with Crippen molar-refractivity contribution >= 4 is 22.7 Å². The number of anilines is 1. The van der Waals surface area contributed by atoms with Crippen molar-refractivity contribution in [2.75, 3.05) is 19.0 Å². The molecule has 4 nitrogen and oxygen atoms in total. The lowest BCUT2D eigenvalue weighted by atomic mass is 9.88. The fourth-order valence-corrected chi connectivity index (χ4v) is 4.53. The second-order valence-corrected chi connectivity index (χ2v) is 8.94. The van der Waals surface area contributed by atoms with E-state index in [0.717, 1.165) is 44.5 Å². The number of benzene rings is 3. The molecular weight excluding hydrogens is 384 g/mol. The second kappa shape index (κ2) is 6.74. The molecule has 31 heavy (non-hydrogen) atoms. The second-order valence-electron chi connectivity index (χ2n) is 8.94. The number of hydrogen-bond acceptors (Lipinski definition) is 3. The normalized spacial score (nSPS) is 14.5. The van der Waals surface area contributed by atoms with E-state index in [1.165, 1.54) is 0 Å². The van der Waals surface area contributed by atoms with Crippen LogP contribution in [0.15, 0.2) is 65.5 Å². The number of pyridine rings is 1. The van der Waals surface area contributed by atoms with E-state index in [0.29, 0.717) is 5.75 Å². The van der Waals surface area contributed by atoms with Crippen molar-refractivity contribution in [2.24, 2.45) is 7.05 Å². The maximum absolute atomic E-state index is 13.5. The van der Waals surface area contributed by atoms with Crippen molar-refractivity contribution in [3.8, 4) is 28.1 Å². The van der Waals surface area contributed by atoms with Crippen molar-refractivity contribution in [3.05, 3.63) is 76.5 Å². The highest BCUT2D eigenvalue weighted by atomic mass is 16.5. The maximum Gasteiger partial charge on any atom is 0.192 e. The Labute approximate surface area is 182 Å². The van der Waals surface area contributed by atoms with Gasteiger partial charge in [0.2, 0.25) is 0 Å². The quantitative estimate of drug-likeness (QED) is 0.406. The summed E-state index contributed by atoms with van der Waals surface area (Å²) < 4.78 is 8.28. The Morgan fingerprint density at radius 2 is 1.68 bits per heavy atom. The zero-order valence-electron chi connectivity index (χ0n) is 18.6. The van der Waals surface area contributed by atoms with Crippen molar-refractivity contribution in [2.45, 2.75) is 19.4 Å². The van der Waals surface area contributed by atoms with Crippen molar-refractivity contribution in [3.63, 3.8) is 0 Å². The number of nitrogens with zero attached hydrogens (tertiary/aromatic N) is 2. The molecular formula is C27H26N2O2. The van der Waals surface area contributed by atoms with E-state index in [4.69, 9.17) is 4.74 Å². The van der Waals surface area contributed by atoms with Gasteiger partial charge in [-0.1, -0.05) is 30.3 Å². The monoisotopic (exact) mass is 410 g/mol. The SMILES string of the molecule is CN(C)c1ccc(-c2c3c(=O)cc4c(c-3n(C)c3ccccc23)C=CC(C)(C)O4)cc1. The lowest BCUT2D eigenvalue weighted by Crippen LogP contribution is -2.29. The molecule has 4 heteroatoms. The highest BCUT2D eigenvalue weighted by Crippen LogP contribution is 2.44. The Kier molecular flexibility index (Phi) is 4.23. The molecule has 0 aromatic heterocycles. The van der Waals surface area contributed by atoms with E-state index < -0.39 is 5.60 Å². The minimum absolute atomic E-state index is 0.0205. The van der Waals surface area contributed by atoms with Gasteiger partial charge in [-0.05, 0) is 49.8 Å². The Balaban J connectivity index is 1.92. The highest BCUT2D eigenvalue weighted by Gasteiger charge is 2.29. The van der Waals surface area contributed by atoms with Gasteiger partial charge in [-0.3, -0.25) is 4.79 Å². The zero-order valence-corrected chi connectivity index (χ0v) is 18.6. The molecule has 3 aliphatic rings.